The molecule has 0 radical (unpaired) electrons. The predicted octanol–water partition coefficient (Wildman–Crippen LogP) is 5.79. The van der Waals surface area contributed by atoms with Gasteiger partial charge >= 0.3 is 0 Å². The van der Waals surface area contributed by atoms with Crippen molar-refractivity contribution in [3.8, 4) is 5.75 Å². The van der Waals surface area contributed by atoms with E-state index in [-0.39, 0.29) is 12.0 Å². The number of benzene rings is 1. The molecule has 0 heterocycles. The van der Waals surface area contributed by atoms with Crippen LogP contribution in [-0.2, 0) is 9.53 Å². The Balaban J connectivity index is 2.96. The molecule has 1 aromatic rings. The molecule has 2 atom stereocenters. The van der Waals surface area contributed by atoms with Gasteiger partial charge < -0.3 is 14.8 Å². The zero-order valence-electron chi connectivity index (χ0n) is 17.7. The molecule has 1 aromatic carbocycles. The molecule has 148 valence electrons. The normalized spacial score (nSPS) is 14.6. The molecule has 0 saturated carbocycles. The molecular weight excluding hydrogens is 326 g/mol. The Kier molecular flexibility index (Phi) is 9.14. The maximum absolute atomic E-state index is 12.9. The van der Waals surface area contributed by atoms with Crippen LogP contribution in [0.2, 0.25) is 0 Å². The molecule has 1 rings (SSSR count). The van der Waals surface area contributed by atoms with Crippen LogP contribution in [0, 0.1) is 13.8 Å². The van der Waals surface area contributed by atoms with E-state index in [9.17, 15) is 4.79 Å². The largest absolute Gasteiger partial charge is 0.490 e. The molecular formula is C22H37NO3. The second-order valence-electron chi connectivity index (χ2n) is 7.41. The number of aryl methyl sites for hydroxylation is 2. The smallest absolute Gasteiger partial charge is 0.256 e. The van der Waals surface area contributed by atoms with Crippen molar-refractivity contribution >= 4 is 11.6 Å². The van der Waals surface area contributed by atoms with Gasteiger partial charge in [0.25, 0.3) is 5.91 Å². The van der Waals surface area contributed by atoms with Gasteiger partial charge in [0.15, 0.2) is 0 Å². The minimum atomic E-state index is -0.792. The first-order valence-electron chi connectivity index (χ1n) is 10.0. The lowest BCUT2D eigenvalue weighted by molar-refractivity contribution is -0.140. The number of hydrogen-bond acceptors (Lipinski definition) is 3. The number of carbonyl (C=O) groups excluding carboxylic acids is 1. The van der Waals surface area contributed by atoms with Crippen molar-refractivity contribution < 1.29 is 14.3 Å². The Morgan fingerprint density at radius 3 is 2.27 bits per heavy atom. The average molecular weight is 364 g/mol. The van der Waals surface area contributed by atoms with Crippen LogP contribution in [0.1, 0.15) is 77.8 Å². The average Bonchev–Trinajstić information content (AvgIpc) is 2.60. The lowest BCUT2D eigenvalue weighted by atomic mass is 9.97. The lowest BCUT2D eigenvalue weighted by Crippen LogP contribution is -2.43. The monoisotopic (exact) mass is 363 g/mol. The fraction of sp³-hybridized carbons (Fsp3) is 0.682. The molecule has 0 aliphatic carbocycles. The third-order valence-corrected chi connectivity index (χ3v) is 4.72. The number of unbranched alkanes of at least 4 members (excludes halogenated alkanes) is 1. The van der Waals surface area contributed by atoms with Crippen molar-refractivity contribution in [2.45, 2.75) is 92.3 Å². The van der Waals surface area contributed by atoms with Crippen LogP contribution in [0.3, 0.4) is 0 Å². The molecule has 1 amide bonds. The Labute approximate surface area is 159 Å². The van der Waals surface area contributed by atoms with E-state index in [1.165, 1.54) is 0 Å². The molecule has 0 saturated heterocycles. The highest BCUT2D eigenvalue weighted by molar-refractivity contribution is 5.97. The van der Waals surface area contributed by atoms with E-state index in [1.807, 2.05) is 32.9 Å². The van der Waals surface area contributed by atoms with Crippen molar-refractivity contribution in [3.05, 3.63) is 23.3 Å². The molecule has 0 aliphatic rings. The van der Waals surface area contributed by atoms with Crippen LogP contribution < -0.4 is 10.1 Å². The van der Waals surface area contributed by atoms with E-state index >= 15 is 0 Å². The van der Waals surface area contributed by atoms with Crippen molar-refractivity contribution in [2.75, 3.05) is 11.9 Å². The van der Waals surface area contributed by atoms with E-state index in [4.69, 9.17) is 9.47 Å². The minimum absolute atomic E-state index is 0.0752. The summed E-state index contributed by atoms with van der Waals surface area (Å²) in [6.07, 6.45) is 4.76. The standard InChI is InChI=1S/C22H37NO3/c1-8-11-12-22(7,25-13-9-2)21(24)23-19-14-16(4)20(17(5)15-19)26-18(6)10-3/h14-15,18H,8-13H2,1-7H3,(H,23,24)/t18-,22-/m0/s1. The third-order valence-electron chi connectivity index (χ3n) is 4.72. The van der Waals surface area contributed by atoms with E-state index in [0.29, 0.717) is 6.61 Å². The highest BCUT2D eigenvalue weighted by Crippen LogP contribution is 2.30. The summed E-state index contributed by atoms with van der Waals surface area (Å²) >= 11 is 0. The van der Waals surface area contributed by atoms with E-state index < -0.39 is 5.60 Å². The van der Waals surface area contributed by atoms with Gasteiger partial charge in [-0.3, -0.25) is 4.79 Å². The van der Waals surface area contributed by atoms with Crippen LogP contribution >= 0.6 is 0 Å². The second kappa shape index (κ2) is 10.6. The Morgan fingerprint density at radius 1 is 1.15 bits per heavy atom. The molecule has 4 nitrogen and oxygen atoms in total. The third kappa shape index (κ3) is 6.31. The Bertz CT molecular complexity index is 552. The fourth-order valence-corrected chi connectivity index (χ4v) is 2.85. The number of nitrogens with one attached hydrogen (secondary N) is 1. The lowest BCUT2D eigenvalue weighted by Gasteiger charge is -2.29. The van der Waals surface area contributed by atoms with Gasteiger partial charge in [-0.05, 0) is 70.2 Å². The van der Waals surface area contributed by atoms with Gasteiger partial charge in [0, 0.05) is 12.3 Å². The zero-order valence-corrected chi connectivity index (χ0v) is 17.7. The summed E-state index contributed by atoms with van der Waals surface area (Å²) < 4.78 is 12.0. The van der Waals surface area contributed by atoms with Gasteiger partial charge in [-0.25, -0.2) is 0 Å². The maximum Gasteiger partial charge on any atom is 0.256 e. The SMILES string of the molecule is CCCC[C@](C)(OCCC)C(=O)Nc1cc(C)c(O[C@@H](C)CC)c(C)c1. The van der Waals surface area contributed by atoms with Crippen molar-refractivity contribution in [1.82, 2.24) is 0 Å². The number of ether oxygens (including phenoxy) is 2. The maximum atomic E-state index is 12.9. The molecule has 0 bridgehead atoms. The van der Waals surface area contributed by atoms with Gasteiger partial charge in [0.2, 0.25) is 0 Å². The number of anilines is 1. The summed E-state index contributed by atoms with van der Waals surface area (Å²) in [5.41, 5.74) is 2.07. The van der Waals surface area contributed by atoms with E-state index in [1.54, 1.807) is 0 Å². The van der Waals surface area contributed by atoms with E-state index in [2.05, 4.69) is 33.0 Å². The highest BCUT2D eigenvalue weighted by atomic mass is 16.5. The first-order valence-corrected chi connectivity index (χ1v) is 10.0. The van der Waals surface area contributed by atoms with Gasteiger partial charge in [-0.15, -0.1) is 0 Å². The summed E-state index contributed by atoms with van der Waals surface area (Å²) in [6, 6.07) is 3.95. The Morgan fingerprint density at radius 2 is 1.77 bits per heavy atom. The minimum Gasteiger partial charge on any atom is -0.490 e. The van der Waals surface area contributed by atoms with Crippen LogP contribution in [0.15, 0.2) is 12.1 Å². The molecule has 0 spiro atoms. The van der Waals surface area contributed by atoms with Crippen LogP contribution in [0.4, 0.5) is 5.69 Å². The number of carbonyl (C=O) groups is 1. The molecule has 4 heteroatoms. The Hall–Kier alpha value is -1.55. The number of amides is 1. The summed E-state index contributed by atoms with van der Waals surface area (Å²) in [7, 11) is 0. The molecule has 0 unspecified atom stereocenters. The van der Waals surface area contributed by atoms with Crippen LogP contribution in [0.25, 0.3) is 0 Å². The fourth-order valence-electron chi connectivity index (χ4n) is 2.85. The summed E-state index contributed by atoms with van der Waals surface area (Å²) in [5, 5.41) is 3.06. The molecule has 0 aromatic heterocycles. The summed E-state index contributed by atoms with van der Waals surface area (Å²) in [5.74, 6) is 0.835. The van der Waals surface area contributed by atoms with Crippen molar-refractivity contribution in [3.63, 3.8) is 0 Å². The van der Waals surface area contributed by atoms with Crippen LogP contribution in [0.5, 0.6) is 5.75 Å². The molecule has 0 aliphatic heterocycles. The van der Waals surface area contributed by atoms with Gasteiger partial charge in [-0.1, -0.05) is 33.6 Å². The zero-order chi connectivity index (χ0) is 19.7. The van der Waals surface area contributed by atoms with Gasteiger partial charge in [0.05, 0.1) is 6.10 Å². The highest BCUT2D eigenvalue weighted by Gasteiger charge is 2.33. The quantitative estimate of drug-likeness (QED) is 0.541. The molecule has 26 heavy (non-hydrogen) atoms. The molecule has 0 fully saturated rings. The number of hydrogen-bond donors (Lipinski definition) is 1. The first-order chi connectivity index (χ1) is 12.3. The summed E-state index contributed by atoms with van der Waals surface area (Å²) in [4.78, 5) is 12.9. The number of rotatable bonds is 11. The summed E-state index contributed by atoms with van der Waals surface area (Å²) in [6.45, 7) is 14.9. The topological polar surface area (TPSA) is 47.6 Å². The molecule has 1 N–H and O–H groups in total. The predicted molar refractivity (Wildman–Crippen MR) is 109 cm³/mol. The van der Waals surface area contributed by atoms with Crippen LogP contribution in [-0.4, -0.2) is 24.2 Å². The van der Waals surface area contributed by atoms with Crippen molar-refractivity contribution in [2.24, 2.45) is 0 Å². The second-order valence-corrected chi connectivity index (χ2v) is 7.41. The first kappa shape index (κ1) is 22.5. The van der Waals surface area contributed by atoms with E-state index in [0.717, 1.165) is 54.7 Å². The van der Waals surface area contributed by atoms with Gasteiger partial charge in [0.1, 0.15) is 11.4 Å². The van der Waals surface area contributed by atoms with Crippen molar-refractivity contribution in [1.29, 1.82) is 0 Å². The van der Waals surface area contributed by atoms with Gasteiger partial charge in [-0.2, -0.15) is 0 Å².